The number of nitrogens with two attached hydrogens (primary N) is 1. The van der Waals surface area contributed by atoms with Crippen molar-refractivity contribution in [2.24, 2.45) is 5.73 Å². The van der Waals surface area contributed by atoms with Gasteiger partial charge < -0.3 is 15.8 Å². The van der Waals surface area contributed by atoms with Crippen molar-refractivity contribution in [2.75, 3.05) is 7.11 Å². The molecule has 0 saturated carbocycles. The predicted molar refractivity (Wildman–Crippen MR) is 92.8 cm³/mol. The third-order valence-electron chi connectivity index (χ3n) is 3.81. The van der Waals surface area contributed by atoms with Gasteiger partial charge in [0, 0.05) is 5.02 Å². The number of methoxy groups -OCH3 is 1. The molecule has 2 aromatic carbocycles. The molecule has 3 N–H and O–H groups in total. The molecule has 0 bridgehead atoms. The molecule has 5 nitrogen and oxygen atoms in total. The van der Waals surface area contributed by atoms with Crippen LogP contribution in [-0.4, -0.2) is 18.9 Å². The van der Waals surface area contributed by atoms with Gasteiger partial charge in [0.2, 0.25) is 11.8 Å². The third kappa shape index (κ3) is 4.06. The fourth-order valence-electron chi connectivity index (χ4n) is 2.33. The number of hydrogen-bond acceptors (Lipinski definition) is 3. The second-order valence-electron chi connectivity index (χ2n) is 5.57. The minimum absolute atomic E-state index is 0.118. The van der Waals surface area contributed by atoms with Crippen LogP contribution in [0, 0.1) is 0 Å². The van der Waals surface area contributed by atoms with E-state index in [2.05, 4.69) is 5.32 Å². The quantitative estimate of drug-likeness (QED) is 0.842. The molecule has 0 aliphatic heterocycles. The molecule has 0 heterocycles. The van der Waals surface area contributed by atoms with E-state index in [0.29, 0.717) is 16.3 Å². The van der Waals surface area contributed by atoms with E-state index in [1.54, 1.807) is 62.6 Å². The molecule has 2 aromatic rings. The van der Waals surface area contributed by atoms with Crippen molar-refractivity contribution in [1.82, 2.24) is 5.32 Å². The van der Waals surface area contributed by atoms with Crippen molar-refractivity contribution in [1.29, 1.82) is 0 Å². The third-order valence-corrected chi connectivity index (χ3v) is 4.04. The molecule has 0 unspecified atom stereocenters. The lowest BCUT2D eigenvalue weighted by molar-refractivity contribution is -0.131. The number of nitrogens with one attached hydrogen (secondary N) is 1. The van der Waals surface area contributed by atoms with Crippen LogP contribution in [0.2, 0.25) is 5.02 Å². The SMILES string of the molecule is COc1ccc(CC(=O)N[C@](C)(C(N)=O)c2cccc(Cl)c2)cc1. The number of ether oxygens (including phenoxy) is 1. The van der Waals surface area contributed by atoms with E-state index in [9.17, 15) is 9.59 Å². The maximum Gasteiger partial charge on any atom is 0.247 e. The molecule has 1 atom stereocenters. The van der Waals surface area contributed by atoms with Crippen LogP contribution in [0.5, 0.6) is 5.75 Å². The first kappa shape index (κ1) is 17.8. The molecule has 0 aliphatic carbocycles. The van der Waals surface area contributed by atoms with Crippen LogP contribution in [0.1, 0.15) is 18.1 Å². The zero-order chi connectivity index (χ0) is 17.7. The first-order chi connectivity index (χ1) is 11.3. The fraction of sp³-hybridized carbons (Fsp3) is 0.222. The predicted octanol–water partition coefficient (Wildman–Crippen LogP) is 2.41. The summed E-state index contributed by atoms with van der Waals surface area (Å²) in [4.78, 5) is 24.3. The Kier molecular flexibility index (Phi) is 5.46. The topological polar surface area (TPSA) is 81.4 Å². The summed E-state index contributed by atoms with van der Waals surface area (Å²) in [5, 5.41) is 3.17. The Labute approximate surface area is 145 Å². The van der Waals surface area contributed by atoms with Crippen LogP contribution in [0.4, 0.5) is 0 Å². The summed E-state index contributed by atoms with van der Waals surface area (Å²) in [7, 11) is 1.57. The largest absolute Gasteiger partial charge is 0.497 e. The Bertz CT molecular complexity index is 746. The van der Waals surface area contributed by atoms with Gasteiger partial charge in [-0.1, -0.05) is 35.9 Å². The highest BCUT2D eigenvalue weighted by molar-refractivity contribution is 6.30. The highest BCUT2D eigenvalue weighted by Gasteiger charge is 2.35. The molecule has 126 valence electrons. The molecule has 0 radical (unpaired) electrons. The zero-order valence-corrected chi connectivity index (χ0v) is 14.3. The lowest BCUT2D eigenvalue weighted by atomic mass is 9.91. The number of carbonyl (C=O) groups excluding carboxylic acids is 2. The summed E-state index contributed by atoms with van der Waals surface area (Å²) >= 11 is 5.97. The Morgan fingerprint density at radius 1 is 1.21 bits per heavy atom. The van der Waals surface area contributed by atoms with Crippen LogP contribution in [0.3, 0.4) is 0 Å². The monoisotopic (exact) mass is 346 g/mol. The molecule has 0 aromatic heterocycles. The fourth-order valence-corrected chi connectivity index (χ4v) is 2.52. The Hall–Kier alpha value is -2.53. The van der Waals surface area contributed by atoms with Crippen LogP contribution in [0.15, 0.2) is 48.5 Å². The average molecular weight is 347 g/mol. The molecular formula is C18H19ClN2O3. The second-order valence-corrected chi connectivity index (χ2v) is 6.01. The van der Waals surface area contributed by atoms with Gasteiger partial charge in [-0.15, -0.1) is 0 Å². The van der Waals surface area contributed by atoms with Gasteiger partial charge in [-0.25, -0.2) is 0 Å². The van der Waals surface area contributed by atoms with Crippen LogP contribution in [0.25, 0.3) is 0 Å². The molecule has 6 heteroatoms. The van der Waals surface area contributed by atoms with Crippen molar-refractivity contribution >= 4 is 23.4 Å². The van der Waals surface area contributed by atoms with E-state index in [1.165, 1.54) is 0 Å². The van der Waals surface area contributed by atoms with Crippen molar-refractivity contribution < 1.29 is 14.3 Å². The number of primary amides is 1. The highest BCUT2D eigenvalue weighted by Crippen LogP contribution is 2.24. The summed E-state index contributed by atoms with van der Waals surface area (Å²) in [6, 6.07) is 13.8. The molecule has 0 aliphatic rings. The minimum Gasteiger partial charge on any atom is -0.497 e. The van der Waals surface area contributed by atoms with Gasteiger partial charge in [-0.2, -0.15) is 0 Å². The lowest BCUT2D eigenvalue weighted by Gasteiger charge is -2.28. The first-order valence-corrected chi connectivity index (χ1v) is 7.73. The molecular weight excluding hydrogens is 328 g/mol. The van der Waals surface area contributed by atoms with Gasteiger partial charge >= 0.3 is 0 Å². The lowest BCUT2D eigenvalue weighted by Crippen LogP contribution is -2.53. The summed E-state index contributed by atoms with van der Waals surface area (Å²) in [5.74, 6) is -0.269. The Balaban J connectivity index is 2.17. The number of hydrogen-bond donors (Lipinski definition) is 2. The average Bonchev–Trinajstić information content (AvgIpc) is 2.55. The highest BCUT2D eigenvalue weighted by atomic mass is 35.5. The molecule has 2 amide bonds. The summed E-state index contributed by atoms with van der Waals surface area (Å²) in [6.45, 7) is 1.56. The van der Waals surface area contributed by atoms with Gasteiger partial charge in [0.15, 0.2) is 0 Å². The Morgan fingerprint density at radius 2 is 1.88 bits per heavy atom. The second kappa shape index (κ2) is 7.36. The van der Waals surface area contributed by atoms with Crippen LogP contribution in [-0.2, 0) is 21.5 Å². The smallest absolute Gasteiger partial charge is 0.247 e. The van der Waals surface area contributed by atoms with E-state index in [0.717, 1.165) is 5.56 Å². The first-order valence-electron chi connectivity index (χ1n) is 7.35. The van der Waals surface area contributed by atoms with E-state index < -0.39 is 11.4 Å². The summed E-state index contributed by atoms with van der Waals surface area (Å²) in [6.07, 6.45) is 0.118. The van der Waals surface area contributed by atoms with Crippen LogP contribution < -0.4 is 15.8 Å². The van der Waals surface area contributed by atoms with Gasteiger partial charge in [0.1, 0.15) is 11.3 Å². The normalized spacial score (nSPS) is 13.0. The van der Waals surface area contributed by atoms with Gasteiger partial charge in [0.25, 0.3) is 0 Å². The molecule has 0 saturated heterocycles. The van der Waals surface area contributed by atoms with E-state index >= 15 is 0 Å². The molecule has 24 heavy (non-hydrogen) atoms. The molecule has 2 rings (SSSR count). The van der Waals surface area contributed by atoms with E-state index in [1.807, 2.05) is 0 Å². The zero-order valence-electron chi connectivity index (χ0n) is 13.5. The van der Waals surface area contributed by atoms with Gasteiger partial charge in [-0.05, 0) is 42.3 Å². The van der Waals surface area contributed by atoms with E-state index in [-0.39, 0.29) is 12.3 Å². The molecule has 0 fully saturated rings. The van der Waals surface area contributed by atoms with Crippen molar-refractivity contribution in [2.45, 2.75) is 18.9 Å². The number of amides is 2. The number of carbonyl (C=O) groups is 2. The molecule has 0 spiro atoms. The van der Waals surface area contributed by atoms with Gasteiger partial charge in [0.05, 0.1) is 13.5 Å². The Morgan fingerprint density at radius 3 is 2.42 bits per heavy atom. The summed E-state index contributed by atoms with van der Waals surface area (Å²) in [5.41, 5.74) is 5.51. The standard InChI is InChI=1S/C18H19ClN2O3/c1-18(17(20)23,13-4-3-5-14(19)11-13)21-16(22)10-12-6-8-15(24-2)9-7-12/h3-9,11H,10H2,1-2H3,(H2,20,23)(H,21,22)/t18-/m0/s1. The van der Waals surface area contributed by atoms with Crippen molar-refractivity contribution in [3.63, 3.8) is 0 Å². The summed E-state index contributed by atoms with van der Waals surface area (Å²) < 4.78 is 5.08. The van der Waals surface area contributed by atoms with Crippen molar-refractivity contribution in [3.8, 4) is 5.75 Å². The van der Waals surface area contributed by atoms with E-state index in [4.69, 9.17) is 22.1 Å². The maximum atomic E-state index is 12.4. The maximum absolute atomic E-state index is 12.4. The minimum atomic E-state index is -1.34. The van der Waals surface area contributed by atoms with Gasteiger partial charge in [-0.3, -0.25) is 9.59 Å². The van der Waals surface area contributed by atoms with Crippen molar-refractivity contribution in [3.05, 3.63) is 64.7 Å². The number of benzene rings is 2. The van der Waals surface area contributed by atoms with Crippen LogP contribution >= 0.6 is 11.6 Å². The number of rotatable bonds is 6. The number of halogens is 1.